The Labute approximate surface area is 154 Å². The number of rotatable bonds is 6. The average Bonchev–Trinajstić information content (AvgIpc) is 2.48. The van der Waals surface area contributed by atoms with Crippen LogP contribution in [-0.4, -0.2) is 26.0 Å². The number of aryl methyl sites for hydroxylation is 4. The number of aromatic hydroxyl groups is 1. The van der Waals surface area contributed by atoms with E-state index in [2.05, 4.69) is 10.0 Å². The van der Waals surface area contributed by atoms with Crippen LogP contribution in [0.3, 0.4) is 0 Å². The van der Waals surface area contributed by atoms with Crippen molar-refractivity contribution in [3.05, 3.63) is 52.6 Å². The molecule has 0 aliphatic heterocycles. The molecule has 0 bridgehead atoms. The van der Waals surface area contributed by atoms with Gasteiger partial charge in [0.05, 0.1) is 10.6 Å². The highest BCUT2D eigenvalue weighted by Gasteiger charge is 2.20. The molecule has 26 heavy (non-hydrogen) atoms. The van der Waals surface area contributed by atoms with Crippen molar-refractivity contribution in [2.75, 3.05) is 11.9 Å². The van der Waals surface area contributed by atoms with Gasteiger partial charge in [-0.15, -0.1) is 0 Å². The van der Waals surface area contributed by atoms with E-state index in [4.69, 9.17) is 0 Å². The normalized spacial score (nSPS) is 11.4. The van der Waals surface area contributed by atoms with Crippen molar-refractivity contribution in [3.63, 3.8) is 0 Å². The molecular weight excluding hydrogens is 352 g/mol. The monoisotopic (exact) mass is 376 g/mol. The van der Waals surface area contributed by atoms with Crippen LogP contribution in [0.15, 0.2) is 35.2 Å². The maximum atomic E-state index is 12.5. The lowest BCUT2D eigenvalue weighted by Gasteiger charge is -2.13. The molecule has 0 saturated heterocycles. The molecule has 0 atom stereocenters. The number of hydrogen-bond donors (Lipinski definition) is 3. The second kappa shape index (κ2) is 7.88. The van der Waals surface area contributed by atoms with E-state index in [-0.39, 0.29) is 29.5 Å². The molecule has 7 heteroatoms. The molecule has 2 rings (SSSR count). The molecule has 0 fully saturated rings. The van der Waals surface area contributed by atoms with Crippen molar-refractivity contribution in [3.8, 4) is 5.75 Å². The molecule has 0 heterocycles. The molecule has 0 radical (unpaired) electrons. The highest BCUT2D eigenvalue weighted by Crippen LogP contribution is 2.24. The zero-order chi connectivity index (χ0) is 19.5. The van der Waals surface area contributed by atoms with Gasteiger partial charge in [-0.25, -0.2) is 13.1 Å². The highest BCUT2D eigenvalue weighted by atomic mass is 32.2. The maximum absolute atomic E-state index is 12.5. The van der Waals surface area contributed by atoms with E-state index in [0.717, 1.165) is 11.1 Å². The Bertz CT molecular complexity index is 914. The molecule has 140 valence electrons. The molecule has 0 aliphatic rings. The summed E-state index contributed by atoms with van der Waals surface area (Å²) in [6.45, 7) is 7.21. The molecular formula is C19H24N2O4S. The van der Waals surface area contributed by atoms with Crippen LogP contribution in [0, 0.1) is 27.7 Å². The Morgan fingerprint density at radius 2 is 1.62 bits per heavy atom. The fraction of sp³-hybridized carbons (Fsp3) is 0.316. The van der Waals surface area contributed by atoms with E-state index in [1.54, 1.807) is 32.0 Å². The second-order valence-electron chi connectivity index (χ2n) is 6.44. The third kappa shape index (κ3) is 4.83. The van der Waals surface area contributed by atoms with Crippen LogP contribution in [0.2, 0.25) is 0 Å². The van der Waals surface area contributed by atoms with E-state index in [9.17, 15) is 18.3 Å². The number of benzene rings is 2. The van der Waals surface area contributed by atoms with Crippen LogP contribution in [-0.2, 0) is 14.8 Å². The van der Waals surface area contributed by atoms with Gasteiger partial charge in [0.1, 0.15) is 5.75 Å². The van der Waals surface area contributed by atoms with Crippen LogP contribution in [0.4, 0.5) is 5.69 Å². The Balaban J connectivity index is 1.99. The summed E-state index contributed by atoms with van der Waals surface area (Å²) in [6, 6.07) is 8.54. The van der Waals surface area contributed by atoms with Crippen molar-refractivity contribution in [2.45, 2.75) is 39.0 Å². The number of phenols is 1. The molecule has 0 aliphatic carbocycles. The number of phenolic OH excluding ortho intramolecular Hbond substituents is 1. The van der Waals surface area contributed by atoms with Crippen LogP contribution in [0.25, 0.3) is 0 Å². The predicted molar refractivity (Wildman–Crippen MR) is 102 cm³/mol. The van der Waals surface area contributed by atoms with E-state index in [0.29, 0.717) is 16.8 Å². The summed E-state index contributed by atoms with van der Waals surface area (Å²) in [5, 5.41) is 12.4. The largest absolute Gasteiger partial charge is 0.506 e. The zero-order valence-electron chi connectivity index (χ0n) is 15.4. The molecule has 2 aromatic carbocycles. The van der Waals surface area contributed by atoms with Gasteiger partial charge in [0.15, 0.2) is 0 Å². The Morgan fingerprint density at radius 1 is 1.00 bits per heavy atom. The standard InChI is InChI=1S/C19H24N2O4S/c1-12-5-6-16(17(22)11-12)21-18(23)7-8-20-26(24,25)19-14(3)9-13(2)10-15(19)4/h5-6,9-11,20,22H,7-8H2,1-4H3,(H,21,23). The van der Waals surface area contributed by atoms with Gasteiger partial charge in [0.25, 0.3) is 0 Å². The van der Waals surface area contributed by atoms with Gasteiger partial charge in [0, 0.05) is 13.0 Å². The SMILES string of the molecule is Cc1cc(C)c(S(=O)(=O)NCCC(=O)Nc2ccc(C)cc2O)c(C)c1. The zero-order valence-corrected chi connectivity index (χ0v) is 16.2. The van der Waals surface area contributed by atoms with Crippen molar-refractivity contribution in [1.29, 1.82) is 0 Å². The average molecular weight is 376 g/mol. The summed E-state index contributed by atoms with van der Waals surface area (Å²) in [5.41, 5.74) is 3.51. The summed E-state index contributed by atoms with van der Waals surface area (Å²) in [6.07, 6.45) is -0.0451. The van der Waals surface area contributed by atoms with E-state index in [1.807, 2.05) is 26.0 Å². The number of carbonyl (C=O) groups excluding carboxylic acids is 1. The van der Waals surface area contributed by atoms with Crippen LogP contribution in [0.1, 0.15) is 28.7 Å². The lowest BCUT2D eigenvalue weighted by molar-refractivity contribution is -0.116. The number of nitrogens with one attached hydrogen (secondary N) is 2. The minimum absolute atomic E-state index is 0.0233. The minimum atomic E-state index is -3.70. The summed E-state index contributed by atoms with van der Waals surface area (Å²) >= 11 is 0. The molecule has 0 saturated carbocycles. The summed E-state index contributed by atoms with van der Waals surface area (Å²) < 4.78 is 27.5. The first-order chi connectivity index (χ1) is 12.1. The Morgan fingerprint density at radius 3 is 2.19 bits per heavy atom. The smallest absolute Gasteiger partial charge is 0.241 e. The topological polar surface area (TPSA) is 95.5 Å². The van der Waals surface area contributed by atoms with Gasteiger partial charge in [-0.3, -0.25) is 4.79 Å². The van der Waals surface area contributed by atoms with Crippen molar-refractivity contribution in [1.82, 2.24) is 4.72 Å². The first kappa shape index (κ1) is 19.9. The van der Waals surface area contributed by atoms with E-state index >= 15 is 0 Å². The summed E-state index contributed by atoms with van der Waals surface area (Å²) in [7, 11) is -3.70. The van der Waals surface area contributed by atoms with Crippen LogP contribution >= 0.6 is 0 Å². The quantitative estimate of drug-likeness (QED) is 0.676. The van der Waals surface area contributed by atoms with Gasteiger partial charge in [-0.2, -0.15) is 0 Å². The third-order valence-corrected chi connectivity index (χ3v) is 5.71. The minimum Gasteiger partial charge on any atom is -0.506 e. The molecule has 6 nitrogen and oxygen atoms in total. The van der Waals surface area contributed by atoms with Crippen molar-refractivity contribution in [2.24, 2.45) is 0 Å². The fourth-order valence-corrected chi connectivity index (χ4v) is 4.40. The lowest BCUT2D eigenvalue weighted by atomic mass is 10.1. The first-order valence-electron chi connectivity index (χ1n) is 8.27. The maximum Gasteiger partial charge on any atom is 0.241 e. The summed E-state index contributed by atoms with van der Waals surface area (Å²) in [4.78, 5) is 12.2. The molecule has 0 unspecified atom stereocenters. The number of anilines is 1. The predicted octanol–water partition coefficient (Wildman–Crippen LogP) is 2.93. The van der Waals surface area contributed by atoms with E-state index in [1.165, 1.54) is 0 Å². The lowest BCUT2D eigenvalue weighted by Crippen LogP contribution is -2.29. The molecule has 3 N–H and O–H groups in total. The van der Waals surface area contributed by atoms with Gasteiger partial charge in [0.2, 0.25) is 15.9 Å². The van der Waals surface area contributed by atoms with Gasteiger partial charge in [-0.1, -0.05) is 23.8 Å². The molecule has 2 aromatic rings. The van der Waals surface area contributed by atoms with Gasteiger partial charge in [-0.05, 0) is 56.5 Å². The molecule has 0 spiro atoms. The number of amides is 1. The molecule has 0 aromatic heterocycles. The second-order valence-corrected chi connectivity index (χ2v) is 8.15. The fourth-order valence-electron chi connectivity index (χ4n) is 2.92. The van der Waals surface area contributed by atoms with Crippen LogP contribution in [0.5, 0.6) is 5.75 Å². The Hall–Kier alpha value is -2.38. The van der Waals surface area contributed by atoms with Crippen molar-refractivity contribution < 1.29 is 18.3 Å². The number of sulfonamides is 1. The first-order valence-corrected chi connectivity index (χ1v) is 9.75. The number of carbonyl (C=O) groups is 1. The third-order valence-electron chi connectivity index (χ3n) is 3.94. The Kier molecular flexibility index (Phi) is 6.05. The van der Waals surface area contributed by atoms with Crippen molar-refractivity contribution >= 4 is 21.6 Å². The number of hydrogen-bond acceptors (Lipinski definition) is 4. The molecule has 1 amide bonds. The van der Waals surface area contributed by atoms with E-state index < -0.39 is 10.0 Å². The summed E-state index contributed by atoms with van der Waals surface area (Å²) in [5.74, 6) is -0.408. The highest BCUT2D eigenvalue weighted by molar-refractivity contribution is 7.89. The van der Waals surface area contributed by atoms with Gasteiger partial charge >= 0.3 is 0 Å². The van der Waals surface area contributed by atoms with Crippen LogP contribution < -0.4 is 10.0 Å². The van der Waals surface area contributed by atoms with Gasteiger partial charge < -0.3 is 10.4 Å².